The third-order valence-electron chi connectivity index (χ3n) is 2.66. The zero-order valence-electron chi connectivity index (χ0n) is 9.62. The molecule has 17 heavy (non-hydrogen) atoms. The van der Waals surface area contributed by atoms with Crippen LogP contribution >= 0.6 is 15.9 Å². The van der Waals surface area contributed by atoms with Gasteiger partial charge in [-0.1, -0.05) is 36.4 Å². The maximum Gasteiger partial charge on any atom is 0.147 e. The largest absolute Gasteiger partial charge is 0.360 e. The lowest BCUT2D eigenvalue weighted by Gasteiger charge is -2.27. The number of benzene rings is 1. The monoisotopic (exact) mass is 296 g/mol. The fourth-order valence-electron chi connectivity index (χ4n) is 1.87. The van der Waals surface area contributed by atoms with E-state index in [2.05, 4.69) is 15.9 Å². The van der Waals surface area contributed by atoms with Crippen LogP contribution in [0.5, 0.6) is 0 Å². The van der Waals surface area contributed by atoms with Gasteiger partial charge in [0.15, 0.2) is 0 Å². The Morgan fingerprint density at radius 3 is 2.65 bits per heavy atom. The van der Waals surface area contributed by atoms with Crippen LogP contribution in [0.4, 0.5) is 4.39 Å². The summed E-state index contributed by atoms with van der Waals surface area (Å²) in [6.45, 7) is 2.44. The van der Waals surface area contributed by atoms with Crippen molar-refractivity contribution in [3.63, 3.8) is 0 Å². The summed E-state index contributed by atoms with van der Waals surface area (Å²) in [5.41, 5.74) is 1.53. The molecule has 2 rings (SSSR count). The summed E-state index contributed by atoms with van der Waals surface area (Å²) < 4.78 is 18.9. The number of ether oxygens (including phenoxy) is 1. The summed E-state index contributed by atoms with van der Waals surface area (Å²) in [7, 11) is 0. The van der Waals surface area contributed by atoms with Crippen molar-refractivity contribution in [1.82, 2.24) is 0 Å². The number of rotatable bonds is 3. The van der Waals surface area contributed by atoms with Crippen molar-refractivity contribution in [3.8, 4) is 0 Å². The molecule has 0 heterocycles. The van der Waals surface area contributed by atoms with Gasteiger partial charge < -0.3 is 4.74 Å². The number of hydrogen-bond donors (Lipinski definition) is 0. The van der Waals surface area contributed by atoms with E-state index in [0.29, 0.717) is 12.2 Å². The van der Waals surface area contributed by atoms with Crippen LogP contribution < -0.4 is 0 Å². The lowest BCUT2D eigenvalue weighted by Crippen LogP contribution is -2.24. The Bertz CT molecular complexity index is 453. The molecule has 0 aliphatic heterocycles. The third-order valence-corrected chi connectivity index (χ3v) is 3.43. The Labute approximate surface area is 109 Å². The number of allylic oxidation sites excluding steroid dienone is 2. The van der Waals surface area contributed by atoms with Gasteiger partial charge >= 0.3 is 0 Å². The normalized spacial score (nSPS) is 24.2. The van der Waals surface area contributed by atoms with E-state index in [1.165, 1.54) is 0 Å². The molecule has 0 fully saturated rings. The predicted octanol–water partition coefficient (Wildman–Crippen LogP) is 4.45. The zero-order chi connectivity index (χ0) is 12.3. The highest BCUT2D eigenvalue weighted by molar-refractivity contribution is 9.10. The van der Waals surface area contributed by atoms with E-state index in [0.717, 1.165) is 5.56 Å². The molecule has 1 aliphatic rings. The summed E-state index contributed by atoms with van der Waals surface area (Å²) >= 11 is 3.41. The quantitative estimate of drug-likeness (QED) is 0.749. The van der Waals surface area contributed by atoms with Gasteiger partial charge in [-0.05, 0) is 34.5 Å². The Morgan fingerprint density at radius 2 is 2.06 bits per heavy atom. The van der Waals surface area contributed by atoms with Gasteiger partial charge in [0.05, 0.1) is 0 Å². The molecule has 1 nitrogen and oxygen atoms in total. The molecule has 3 heteroatoms. The van der Waals surface area contributed by atoms with Gasteiger partial charge in [0, 0.05) is 18.6 Å². The van der Waals surface area contributed by atoms with Crippen molar-refractivity contribution in [2.24, 2.45) is 0 Å². The van der Waals surface area contributed by atoms with Gasteiger partial charge in [-0.3, -0.25) is 0 Å². The molecule has 1 aliphatic carbocycles. The number of hydrogen-bond acceptors (Lipinski definition) is 1. The van der Waals surface area contributed by atoms with Crippen molar-refractivity contribution >= 4 is 21.5 Å². The summed E-state index contributed by atoms with van der Waals surface area (Å²) in [4.78, 5) is 0. The molecule has 0 radical (unpaired) electrons. The minimum absolute atomic E-state index is 0.149. The van der Waals surface area contributed by atoms with E-state index in [1.54, 1.807) is 6.08 Å². The van der Waals surface area contributed by atoms with Gasteiger partial charge in [-0.25, -0.2) is 4.39 Å². The maximum absolute atomic E-state index is 14.1. The zero-order valence-corrected chi connectivity index (χ0v) is 11.2. The fourth-order valence-corrected chi connectivity index (χ4v) is 2.48. The minimum atomic E-state index is -0.690. The minimum Gasteiger partial charge on any atom is -0.360 e. The standard InChI is InChI=1S/C14H14BrFO/c1-2-17-14(15)9-8-12(13(16)10-14)11-6-4-3-5-7-11/h3-9H,2,10H2,1H3. The predicted molar refractivity (Wildman–Crippen MR) is 71.5 cm³/mol. The van der Waals surface area contributed by atoms with Crippen molar-refractivity contribution in [1.29, 1.82) is 0 Å². The van der Waals surface area contributed by atoms with E-state index in [9.17, 15) is 4.39 Å². The molecule has 0 saturated heterocycles. The van der Waals surface area contributed by atoms with Crippen LogP contribution in [-0.4, -0.2) is 11.1 Å². The second-order valence-corrected chi connectivity index (χ2v) is 5.26. The number of halogens is 2. The first kappa shape index (κ1) is 12.5. The van der Waals surface area contributed by atoms with Crippen molar-refractivity contribution in [3.05, 3.63) is 53.9 Å². The Morgan fingerprint density at radius 1 is 1.35 bits per heavy atom. The summed E-state index contributed by atoms with van der Waals surface area (Å²) in [6.07, 6.45) is 3.86. The van der Waals surface area contributed by atoms with Crippen LogP contribution in [0.15, 0.2) is 48.3 Å². The molecular formula is C14H14BrFO. The average Bonchev–Trinajstić information content (AvgIpc) is 2.30. The van der Waals surface area contributed by atoms with Crippen molar-refractivity contribution < 1.29 is 9.13 Å². The second-order valence-electron chi connectivity index (χ2n) is 3.91. The molecule has 1 aromatic carbocycles. The van der Waals surface area contributed by atoms with Crippen molar-refractivity contribution in [2.45, 2.75) is 17.9 Å². The van der Waals surface area contributed by atoms with Crippen LogP contribution in [0.3, 0.4) is 0 Å². The average molecular weight is 297 g/mol. The Balaban J connectivity index is 2.26. The fraction of sp³-hybridized carbons (Fsp3) is 0.286. The SMILES string of the molecule is CCOC1(Br)C=CC(c2ccccc2)=C(F)C1. The molecule has 0 aromatic heterocycles. The van der Waals surface area contributed by atoms with Crippen molar-refractivity contribution in [2.75, 3.05) is 6.61 Å². The van der Waals surface area contributed by atoms with E-state index in [-0.39, 0.29) is 12.2 Å². The molecule has 90 valence electrons. The number of alkyl halides is 1. The summed E-state index contributed by atoms with van der Waals surface area (Å²) in [6, 6.07) is 9.54. The highest BCUT2D eigenvalue weighted by atomic mass is 79.9. The Kier molecular flexibility index (Phi) is 3.79. The molecule has 0 saturated carbocycles. The van der Waals surface area contributed by atoms with Gasteiger partial charge in [0.2, 0.25) is 0 Å². The van der Waals surface area contributed by atoms with Crippen LogP contribution in [0.2, 0.25) is 0 Å². The van der Waals surface area contributed by atoms with E-state index in [1.807, 2.05) is 43.3 Å². The lowest BCUT2D eigenvalue weighted by atomic mass is 9.97. The molecule has 0 spiro atoms. The molecule has 1 unspecified atom stereocenters. The maximum atomic E-state index is 14.1. The topological polar surface area (TPSA) is 9.23 Å². The first-order valence-electron chi connectivity index (χ1n) is 5.61. The third kappa shape index (κ3) is 2.85. The molecule has 1 atom stereocenters. The molecule has 0 amide bonds. The molecule has 0 N–H and O–H groups in total. The van der Waals surface area contributed by atoms with Gasteiger partial charge in [-0.15, -0.1) is 0 Å². The first-order chi connectivity index (χ1) is 8.14. The van der Waals surface area contributed by atoms with Crippen LogP contribution in [-0.2, 0) is 4.74 Å². The van der Waals surface area contributed by atoms with E-state index >= 15 is 0 Å². The second kappa shape index (κ2) is 5.15. The summed E-state index contributed by atoms with van der Waals surface area (Å²) in [5.74, 6) is -0.149. The van der Waals surface area contributed by atoms with Gasteiger partial charge in [0.1, 0.15) is 10.3 Å². The highest BCUT2D eigenvalue weighted by Crippen LogP contribution is 2.38. The molecule has 0 bridgehead atoms. The van der Waals surface area contributed by atoms with E-state index < -0.39 is 4.51 Å². The van der Waals surface area contributed by atoms with E-state index in [4.69, 9.17) is 4.74 Å². The molecular weight excluding hydrogens is 283 g/mol. The van der Waals surface area contributed by atoms with Crippen LogP contribution in [0.25, 0.3) is 5.57 Å². The first-order valence-corrected chi connectivity index (χ1v) is 6.40. The highest BCUT2D eigenvalue weighted by Gasteiger charge is 2.30. The van der Waals surface area contributed by atoms with Crippen LogP contribution in [0, 0.1) is 0 Å². The lowest BCUT2D eigenvalue weighted by molar-refractivity contribution is 0.0710. The van der Waals surface area contributed by atoms with Gasteiger partial charge in [0.25, 0.3) is 0 Å². The smallest absolute Gasteiger partial charge is 0.147 e. The molecule has 1 aromatic rings. The summed E-state index contributed by atoms with van der Waals surface area (Å²) in [5, 5.41) is 0. The van der Waals surface area contributed by atoms with Crippen LogP contribution in [0.1, 0.15) is 18.9 Å². The Hall–Kier alpha value is -0.930. The van der Waals surface area contributed by atoms with Gasteiger partial charge in [-0.2, -0.15) is 0 Å².